The Bertz CT molecular complexity index is 83.5. The minimum atomic E-state index is -4.01. The van der Waals surface area contributed by atoms with Gasteiger partial charge in [0.15, 0.2) is 0 Å². The van der Waals surface area contributed by atoms with Crippen LogP contribution in [0, 0.1) is 0 Å². The van der Waals surface area contributed by atoms with Gasteiger partial charge in [0.1, 0.15) is 0 Å². The van der Waals surface area contributed by atoms with Crippen LogP contribution in [-0.4, -0.2) is 24.2 Å². The molecule has 0 aliphatic rings. The van der Waals surface area contributed by atoms with E-state index in [0.29, 0.717) is 12.3 Å². The Kier molecular flexibility index (Phi) is 4.89. The molecule has 2 N–H and O–H groups in total. The van der Waals surface area contributed by atoms with E-state index in [-0.39, 0.29) is 5.75 Å². The molecule has 0 aliphatic heterocycles. The van der Waals surface area contributed by atoms with E-state index in [0.717, 1.165) is 0 Å². The van der Waals surface area contributed by atoms with Gasteiger partial charge in [-0.25, -0.2) is 0 Å². The molecule has 0 heterocycles. The van der Waals surface area contributed by atoms with E-state index in [2.05, 4.69) is 0 Å². The van der Waals surface area contributed by atoms with Gasteiger partial charge in [-0.3, -0.25) is 0 Å². The molecule has 0 bridgehead atoms. The lowest BCUT2D eigenvalue weighted by Gasteiger charge is -2.03. The third kappa shape index (κ3) is 8.10. The highest BCUT2D eigenvalue weighted by molar-refractivity contribution is 7.99. The van der Waals surface area contributed by atoms with Crippen molar-refractivity contribution in [3.63, 3.8) is 0 Å². The van der Waals surface area contributed by atoms with Crippen molar-refractivity contribution in [3.05, 3.63) is 0 Å². The first-order valence-electron chi connectivity index (χ1n) is 2.91. The largest absolute Gasteiger partial charge is 0.389 e. The second-order valence-electron chi connectivity index (χ2n) is 1.77. The van der Waals surface area contributed by atoms with E-state index in [4.69, 9.17) is 5.73 Å². The Labute approximate surface area is 62.2 Å². The topological polar surface area (TPSA) is 26.0 Å². The monoisotopic (exact) mass is 173 g/mol. The van der Waals surface area contributed by atoms with Gasteiger partial charge >= 0.3 is 6.18 Å². The lowest BCUT2D eigenvalue weighted by Crippen LogP contribution is -2.09. The molecule has 1 nitrogen and oxygen atoms in total. The van der Waals surface area contributed by atoms with E-state index in [9.17, 15) is 13.2 Å². The standard InChI is InChI=1S/C5H10F3NS/c6-5(7,8)1-3-10-4-2-9/h1-4,9H2. The molecule has 0 aromatic heterocycles. The maximum atomic E-state index is 11.4. The highest BCUT2D eigenvalue weighted by atomic mass is 32.2. The van der Waals surface area contributed by atoms with Crippen LogP contribution in [0.5, 0.6) is 0 Å². The minimum Gasteiger partial charge on any atom is -0.330 e. The van der Waals surface area contributed by atoms with Crippen molar-refractivity contribution in [2.24, 2.45) is 5.73 Å². The fraction of sp³-hybridized carbons (Fsp3) is 1.00. The van der Waals surface area contributed by atoms with Crippen molar-refractivity contribution in [2.45, 2.75) is 12.6 Å². The molecular weight excluding hydrogens is 163 g/mol. The van der Waals surface area contributed by atoms with Gasteiger partial charge in [0.2, 0.25) is 0 Å². The van der Waals surface area contributed by atoms with Crippen LogP contribution in [0.1, 0.15) is 6.42 Å². The van der Waals surface area contributed by atoms with Crippen LogP contribution in [0.4, 0.5) is 13.2 Å². The number of halogens is 3. The third-order valence-corrected chi connectivity index (χ3v) is 1.81. The van der Waals surface area contributed by atoms with Gasteiger partial charge < -0.3 is 5.73 Å². The van der Waals surface area contributed by atoms with Gasteiger partial charge in [0.05, 0.1) is 6.42 Å². The van der Waals surface area contributed by atoms with Crippen molar-refractivity contribution in [3.8, 4) is 0 Å². The molecular formula is C5H10F3NS. The van der Waals surface area contributed by atoms with Gasteiger partial charge in [0.25, 0.3) is 0 Å². The fourth-order valence-corrected chi connectivity index (χ4v) is 1.12. The number of hydrogen-bond donors (Lipinski definition) is 1. The zero-order valence-electron chi connectivity index (χ0n) is 5.45. The molecule has 0 aliphatic carbocycles. The molecule has 0 aromatic rings. The van der Waals surface area contributed by atoms with Crippen molar-refractivity contribution in [1.82, 2.24) is 0 Å². The van der Waals surface area contributed by atoms with Crippen LogP contribution in [0.2, 0.25) is 0 Å². The molecule has 0 spiro atoms. The summed E-state index contributed by atoms with van der Waals surface area (Å²) in [4.78, 5) is 0. The van der Waals surface area contributed by atoms with Gasteiger partial charge in [-0.05, 0) is 0 Å². The van der Waals surface area contributed by atoms with Crippen molar-refractivity contribution in [1.29, 1.82) is 0 Å². The van der Waals surface area contributed by atoms with Gasteiger partial charge in [0, 0.05) is 18.1 Å². The van der Waals surface area contributed by atoms with E-state index < -0.39 is 12.6 Å². The first kappa shape index (κ1) is 10.1. The van der Waals surface area contributed by atoms with Crippen LogP contribution in [0.25, 0.3) is 0 Å². The normalized spacial score (nSPS) is 12.0. The number of rotatable bonds is 4. The average molecular weight is 173 g/mol. The number of nitrogens with two attached hydrogens (primary N) is 1. The Morgan fingerprint density at radius 3 is 2.20 bits per heavy atom. The molecule has 5 heteroatoms. The highest BCUT2D eigenvalue weighted by Gasteiger charge is 2.25. The average Bonchev–Trinajstić information content (AvgIpc) is 1.78. The van der Waals surface area contributed by atoms with Gasteiger partial charge in [-0.1, -0.05) is 0 Å². The first-order chi connectivity index (χ1) is 4.56. The van der Waals surface area contributed by atoms with Gasteiger partial charge in [-0.2, -0.15) is 24.9 Å². The lowest BCUT2D eigenvalue weighted by atomic mass is 10.5. The predicted molar refractivity (Wildman–Crippen MR) is 37.1 cm³/mol. The molecule has 0 unspecified atom stereocenters. The Balaban J connectivity index is 3.04. The lowest BCUT2D eigenvalue weighted by molar-refractivity contribution is -0.129. The smallest absolute Gasteiger partial charge is 0.330 e. The van der Waals surface area contributed by atoms with Gasteiger partial charge in [-0.15, -0.1) is 0 Å². The van der Waals surface area contributed by atoms with Crippen molar-refractivity contribution < 1.29 is 13.2 Å². The predicted octanol–water partition coefficient (Wildman–Crippen LogP) is 1.63. The molecule has 10 heavy (non-hydrogen) atoms. The molecule has 0 rings (SSSR count). The third-order valence-electron chi connectivity index (χ3n) is 0.792. The first-order valence-corrected chi connectivity index (χ1v) is 4.06. The van der Waals surface area contributed by atoms with E-state index in [1.165, 1.54) is 11.8 Å². The summed E-state index contributed by atoms with van der Waals surface area (Å²) in [7, 11) is 0. The molecule has 0 saturated carbocycles. The number of thioether (sulfide) groups is 1. The summed E-state index contributed by atoms with van der Waals surface area (Å²) in [6.07, 6.45) is -4.72. The van der Waals surface area contributed by atoms with E-state index >= 15 is 0 Å². The maximum absolute atomic E-state index is 11.4. The molecule has 62 valence electrons. The summed E-state index contributed by atoms with van der Waals surface area (Å²) >= 11 is 1.24. The summed E-state index contributed by atoms with van der Waals surface area (Å²) < 4.78 is 34.3. The van der Waals surface area contributed by atoms with E-state index in [1.807, 2.05) is 0 Å². The van der Waals surface area contributed by atoms with Crippen molar-refractivity contribution in [2.75, 3.05) is 18.1 Å². The van der Waals surface area contributed by atoms with Crippen molar-refractivity contribution >= 4 is 11.8 Å². The van der Waals surface area contributed by atoms with Crippen LogP contribution in [0.3, 0.4) is 0 Å². The Hall–Kier alpha value is 0.100. The Morgan fingerprint density at radius 2 is 1.80 bits per heavy atom. The van der Waals surface area contributed by atoms with E-state index in [1.54, 1.807) is 0 Å². The molecule has 0 atom stereocenters. The highest BCUT2D eigenvalue weighted by Crippen LogP contribution is 2.21. The van der Waals surface area contributed by atoms with Crippen LogP contribution >= 0.6 is 11.8 Å². The molecule has 0 radical (unpaired) electrons. The second-order valence-corrected chi connectivity index (χ2v) is 2.99. The summed E-state index contributed by atoms with van der Waals surface area (Å²) in [6.45, 7) is 0.447. The summed E-state index contributed by atoms with van der Waals surface area (Å²) in [6, 6.07) is 0. The molecule has 0 amide bonds. The van der Waals surface area contributed by atoms with Crippen LogP contribution < -0.4 is 5.73 Å². The quantitative estimate of drug-likeness (QED) is 0.654. The zero-order valence-corrected chi connectivity index (χ0v) is 6.26. The number of alkyl halides is 3. The zero-order chi connectivity index (χ0) is 8.04. The molecule has 0 fully saturated rings. The number of hydrogen-bond acceptors (Lipinski definition) is 2. The second kappa shape index (κ2) is 4.85. The maximum Gasteiger partial charge on any atom is 0.389 e. The SMILES string of the molecule is NCCSCCC(F)(F)F. The summed E-state index contributed by atoms with van der Waals surface area (Å²) in [5.74, 6) is 0.733. The fourth-order valence-electron chi connectivity index (χ4n) is 0.373. The molecule has 0 saturated heterocycles. The summed E-state index contributed by atoms with van der Waals surface area (Å²) in [5, 5.41) is 0. The summed E-state index contributed by atoms with van der Waals surface area (Å²) in [5.41, 5.74) is 5.08. The van der Waals surface area contributed by atoms with Crippen LogP contribution in [-0.2, 0) is 0 Å². The molecule has 0 aromatic carbocycles. The van der Waals surface area contributed by atoms with Crippen LogP contribution in [0.15, 0.2) is 0 Å². The minimum absolute atomic E-state index is 0.126. The Morgan fingerprint density at radius 1 is 1.20 bits per heavy atom.